The molecule has 3 heteroatoms. The summed E-state index contributed by atoms with van der Waals surface area (Å²) < 4.78 is 0.466. The molecule has 0 amide bonds. The predicted molar refractivity (Wildman–Crippen MR) is 42.2 cm³/mol. The molecule has 0 saturated heterocycles. The molecule has 1 aromatic rings. The Morgan fingerprint density at radius 2 is 1.83 bits per heavy atom. The van der Waals surface area contributed by atoms with E-state index in [0.29, 0.717) is 4.64 Å². The van der Waals surface area contributed by atoms with Crippen molar-refractivity contribution in [1.29, 1.82) is 0 Å². The van der Waals surface area contributed by atoms with Crippen LogP contribution >= 0.6 is 0 Å². The summed E-state index contributed by atoms with van der Waals surface area (Å²) in [4.78, 5) is 0. The van der Waals surface area contributed by atoms with Crippen LogP contribution < -0.4 is 0 Å². The molecule has 0 spiro atoms. The van der Waals surface area contributed by atoms with E-state index in [9.17, 15) is 5.11 Å². The van der Waals surface area contributed by atoms with E-state index < -0.39 is 5.60 Å². The average Bonchev–Trinajstić information content (AvgIpc) is 2.18. The summed E-state index contributed by atoms with van der Waals surface area (Å²) in [6.45, 7) is -0.243. The van der Waals surface area contributed by atoms with E-state index in [4.69, 9.17) is 5.11 Å². The van der Waals surface area contributed by atoms with Crippen LogP contribution in [0.25, 0.3) is 0 Å². The quantitative estimate of drug-likeness (QED) is 0.795. The van der Waals surface area contributed by atoms with Crippen molar-refractivity contribution in [2.75, 3.05) is 6.61 Å². The fourth-order valence-corrected chi connectivity index (χ4v) is 1.62. The first-order valence-electron chi connectivity index (χ1n) is 3.62. The van der Waals surface area contributed by atoms with Crippen molar-refractivity contribution in [3.63, 3.8) is 0 Å². The van der Waals surface area contributed by atoms with Gasteiger partial charge < -0.3 is 0 Å². The molecule has 0 heterocycles. The van der Waals surface area contributed by atoms with Gasteiger partial charge in [-0.05, 0) is 0 Å². The Morgan fingerprint density at radius 3 is 2.25 bits per heavy atom. The van der Waals surface area contributed by atoms with Crippen molar-refractivity contribution < 1.29 is 31.3 Å². The Labute approximate surface area is 84.2 Å². The van der Waals surface area contributed by atoms with Crippen LogP contribution in [0.5, 0.6) is 0 Å². The minimum absolute atomic E-state index is 0.243. The molecule has 70 valence electrons. The van der Waals surface area contributed by atoms with Gasteiger partial charge in [-0.2, -0.15) is 0 Å². The average molecular weight is 348 g/mol. The molecule has 0 radical (unpaired) electrons. The zero-order valence-electron chi connectivity index (χ0n) is 6.50. The van der Waals surface area contributed by atoms with Gasteiger partial charge in [-0.25, -0.2) is 0 Å². The fraction of sp³-hybridized carbons (Fsp3) is 0.333. The molecule has 1 unspecified atom stereocenters. The molecule has 0 aliphatic rings. The maximum atomic E-state index is 9.84. The Morgan fingerprint density at radius 1 is 1.25 bits per heavy atom. The van der Waals surface area contributed by atoms with Crippen LogP contribution in [0.1, 0.15) is 5.56 Å². The Bertz CT molecular complexity index is 232. The van der Waals surface area contributed by atoms with Gasteiger partial charge in [0, 0.05) is 0 Å². The molecule has 0 fully saturated rings. The summed E-state index contributed by atoms with van der Waals surface area (Å²) >= 11 is 2.24. The van der Waals surface area contributed by atoms with Gasteiger partial charge in [0.15, 0.2) is 0 Å². The molecule has 0 aliphatic carbocycles. The van der Waals surface area contributed by atoms with Crippen molar-refractivity contribution in [3.8, 4) is 0 Å². The van der Waals surface area contributed by atoms with Crippen molar-refractivity contribution in [1.82, 2.24) is 0 Å². The first-order valence-corrected chi connectivity index (χ1v) is 5.15. The van der Waals surface area contributed by atoms with Crippen LogP contribution in [0.3, 0.4) is 0 Å². The van der Waals surface area contributed by atoms with E-state index in [1.165, 1.54) is 0 Å². The molecule has 1 rings (SSSR count). The van der Waals surface area contributed by atoms with E-state index in [0.717, 1.165) is 5.56 Å². The van der Waals surface area contributed by atoms with Gasteiger partial charge >= 0.3 is 84.0 Å². The van der Waals surface area contributed by atoms with Crippen LogP contribution in [-0.2, 0) is 26.7 Å². The molecule has 1 atom stereocenters. The van der Waals surface area contributed by atoms with Crippen LogP contribution in [0.15, 0.2) is 30.3 Å². The summed E-state index contributed by atoms with van der Waals surface area (Å²) in [6, 6.07) is 9.20. The van der Waals surface area contributed by atoms with Crippen LogP contribution in [0.2, 0.25) is 4.64 Å². The minimum atomic E-state index is -1.09. The molecular weight excluding hydrogens is 337 g/mol. The third kappa shape index (κ3) is 1.97. The molecule has 12 heavy (non-hydrogen) atoms. The number of aliphatic hydroxyl groups excluding tert-OH is 1. The Kier molecular flexibility index (Phi) is 3.50. The van der Waals surface area contributed by atoms with Gasteiger partial charge in [-0.1, -0.05) is 0 Å². The van der Waals surface area contributed by atoms with Gasteiger partial charge in [0.25, 0.3) is 0 Å². The van der Waals surface area contributed by atoms with Gasteiger partial charge in [-0.15, -0.1) is 0 Å². The van der Waals surface area contributed by atoms with E-state index in [1.807, 2.05) is 30.3 Å². The van der Waals surface area contributed by atoms with Crippen molar-refractivity contribution in [2.45, 2.75) is 10.2 Å². The SMILES string of the molecule is OCC(O)([CH2][Au])c1ccccc1. The summed E-state index contributed by atoms with van der Waals surface area (Å²) in [7, 11) is 0. The number of rotatable bonds is 3. The standard InChI is InChI=1S/C9H11O2.Au/c1-9(11,7-10)8-5-3-2-4-6-8;/h2-6,10-11H,1,7H2;. The maximum absolute atomic E-state index is 9.84. The van der Waals surface area contributed by atoms with Gasteiger partial charge in [0.1, 0.15) is 0 Å². The zero-order valence-corrected chi connectivity index (χ0v) is 8.66. The first kappa shape index (κ1) is 9.96. The number of hydrogen-bond donors (Lipinski definition) is 2. The second-order valence-corrected chi connectivity index (χ2v) is 3.43. The molecule has 0 saturated carbocycles. The van der Waals surface area contributed by atoms with Crippen LogP contribution in [0, 0.1) is 0 Å². The van der Waals surface area contributed by atoms with Gasteiger partial charge in [0.05, 0.1) is 0 Å². The number of hydrogen-bond acceptors (Lipinski definition) is 2. The van der Waals surface area contributed by atoms with Crippen molar-refractivity contribution >= 4 is 0 Å². The van der Waals surface area contributed by atoms with E-state index in [-0.39, 0.29) is 6.61 Å². The van der Waals surface area contributed by atoms with Crippen molar-refractivity contribution in [3.05, 3.63) is 35.9 Å². The number of aliphatic hydroxyl groups is 2. The molecular formula is C9H11AuO2. The monoisotopic (exact) mass is 348 g/mol. The predicted octanol–water partition coefficient (Wildman–Crippen LogP) is 0.832. The van der Waals surface area contributed by atoms with Crippen molar-refractivity contribution in [2.24, 2.45) is 0 Å². The van der Waals surface area contributed by atoms with Crippen LogP contribution in [0.4, 0.5) is 0 Å². The van der Waals surface area contributed by atoms with Crippen LogP contribution in [-0.4, -0.2) is 16.8 Å². The van der Waals surface area contributed by atoms with E-state index >= 15 is 0 Å². The molecule has 1 aromatic carbocycles. The molecule has 2 N–H and O–H groups in total. The second kappa shape index (κ2) is 4.21. The normalized spacial score (nSPS) is 15.7. The summed E-state index contributed by atoms with van der Waals surface area (Å²) in [5, 5.41) is 18.8. The molecule has 2 nitrogen and oxygen atoms in total. The van der Waals surface area contributed by atoms with Gasteiger partial charge in [-0.3, -0.25) is 0 Å². The molecule has 0 aromatic heterocycles. The zero-order chi connectivity index (χ0) is 9.03. The molecule has 0 bridgehead atoms. The summed E-state index contributed by atoms with van der Waals surface area (Å²) in [5.74, 6) is 0. The number of benzene rings is 1. The second-order valence-electron chi connectivity index (χ2n) is 2.66. The van der Waals surface area contributed by atoms with E-state index in [2.05, 4.69) is 21.1 Å². The third-order valence-electron chi connectivity index (χ3n) is 1.75. The Balaban J connectivity index is 2.95. The topological polar surface area (TPSA) is 40.5 Å². The summed E-state index contributed by atoms with van der Waals surface area (Å²) in [6.07, 6.45) is 0. The fourth-order valence-electron chi connectivity index (χ4n) is 0.935. The summed E-state index contributed by atoms with van der Waals surface area (Å²) in [5.41, 5.74) is -0.334. The first-order chi connectivity index (χ1) is 5.73. The van der Waals surface area contributed by atoms with Gasteiger partial charge in [0.2, 0.25) is 0 Å². The third-order valence-corrected chi connectivity index (χ3v) is 3.02. The molecule has 0 aliphatic heterocycles. The Hall–Kier alpha value is -0.120. The van der Waals surface area contributed by atoms with E-state index in [1.54, 1.807) is 0 Å².